The smallest absolute Gasteiger partial charge is 0.243 e. The lowest BCUT2D eigenvalue weighted by Crippen LogP contribution is -2.55. The molecule has 29 heavy (non-hydrogen) atoms. The van der Waals surface area contributed by atoms with Gasteiger partial charge in [-0.3, -0.25) is 9.69 Å². The van der Waals surface area contributed by atoms with Crippen LogP contribution in [-0.4, -0.2) is 67.2 Å². The van der Waals surface area contributed by atoms with Crippen molar-refractivity contribution >= 4 is 15.9 Å². The minimum Gasteiger partial charge on any atom is -0.337 e. The summed E-state index contributed by atoms with van der Waals surface area (Å²) in [4.78, 5) is 17.3. The molecule has 1 aliphatic rings. The molecule has 6 nitrogen and oxygen atoms in total. The summed E-state index contributed by atoms with van der Waals surface area (Å²) in [5.41, 5.74) is 1.11. The van der Waals surface area contributed by atoms with Gasteiger partial charge in [0.25, 0.3) is 0 Å². The Bertz CT molecular complexity index is 895. The molecule has 1 heterocycles. The Labute approximate surface area is 173 Å². The number of nitrogens with zero attached hydrogens (tertiary/aromatic N) is 3. The lowest BCUT2D eigenvalue weighted by Gasteiger charge is -2.38. The van der Waals surface area contributed by atoms with Gasteiger partial charge >= 0.3 is 0 Å². The summed E-state index contributed by atoms with van der Waals surface area (Å²) in [6.07, 6.45) is 0. The van der Waals surface area contributed by atoms with E-state index in [0.717, 1.165) is 5.56 Å². The third-order valence-corrected chi connectivity index (χ3v) is 7.38. The quantitative estimate of drug-likeness (QED) is 0.697. The van der Waals surface area contributed by atoms with Crippen LogP contribution in [0.1, 0.15) is 19.4 Å². The maximum atomic E-state index is 13.0. The van der Waals surface area contributed by atoms with Crippen LogP contribution >= 0.6 is 0 Å². The standard InChI is InChI=1S/C22H29N3O3S/c1-3-23(18-20-10-6-4-7-11-20)22(26)19(2)24-14-16-25(17-15-24)29(27,28)21-12-8-5-9-13-21/h4-13,19H,3,14-18H2,1-2H3/t19-/m0/s1. The first-order chi connectivity index (χ1) is 13.9. The van der Waals surface area contributed by atoms with Gasteiger partial charge in [-0.05, 0) is 31.5 Å². The third-order valence-electron chi connectivity index (χ3n) is 5.47. The molecule has 0 bridgehead atoms. The Balaban J connectivity index is 1.60. The molecule has 0 aliphatic carbocycles. The number of hydrogen-bond donors (Lipinski definition) is 0. The molecule has 3 rings (SSSR count). The molecule has 1 aliphatic heterocycles. The summed E-state index contributed by atoms with van der Waals surface area (Å²) in [7, 11) is -3.48. The van der Waals surface area contributed by atoms with E-state index in [1.54, 1.807) is 30.3 Å². The second-order valence-electron chi connectivity index (χ2n) is 7.27. The SMILES string of the molecule is CCN(Cc1ccccc1)C(=O)[C@H](C)N1CCN(S(=O)(=O)c2ccccc2)CC1. The van der Waals surface area contributed by atoms with Crippen LogP contribution in [0.5, 0.6) is 0 Å². The third kappa shape index (κ3) is 5.04. The number of benzene rings is 2. The minimum atomic E-state index is -3.48. The van der Waals surface area contributed by atoms with Crippen molar-refractivity contribution in [1.82, 2.24) is 14.1 Å². The van der Waals surface area contributed by atoms with E-state index >= 15 is 0 Å². The zero-order chi connectivity index (χ0) is 20.9. The van der Waals surface area contributed by atoms with Gasteiger partial charge in [0.1, 0.15) is 0 Å². The van der Waals surface area contributed by atoms with E-state index in [0.29, 0.717) is 44.2 Å². The van der Waals surface area contributed by atoms with E-state index in [4.69, 9.17) is 0 Å². The molecule has 1 amide bonds. The second-order valence-corrected chi connectivity index (χ2v) is 9.21. The van der Waals surface area contributed by atoms with Crippen LogP contribution in [-0.2, 0) is 21.4 Å². The van der Waals surface area contributed by atoms with Crippen molar-refractivity contribution in [3.05, 3.63) is 66.2 Å². The van der Waals surface area contributed by atoms with E-state index in [9.17, 15) is 13.2 Å². The number of rotatable bonds is 7. The minimum absolute atomic E-state index is 0.0794. The Hall–Kier alpha value is -2.22. The fourth-order valence-corrected chi connectivity index (χ4v) is 5.09. The van der Waals surface area contributed by atoms with Gasteiger partial charge < -0.3 is 4.90 Å². The number of hydrogen-bond acceptors (Lipinski definition) is 4. The number of carbonyl (C=O) groups excluding carboxylic acids is 1. The zero-order valence-electron chi connectivity index (χ0n) is 17.1. The molecule has 7 heteroatoms. The molecular formula is C22H29N3O3S. The predicted octanol–water partition coefficient (Wildman–Crippen LogP) is 2.43. The van der Waals surface area contributed by atoms with Gasteiger partial charge in [-0.1, -0.05) is 48.5 Å². The molecule has 2 aromatic carbocycles. The van der Waals surface area contributed by atoms with Crippen molar-refractivity contribution in [3.8, 4) is 0 Å². The Morgan fingerprint density at radius 3 is 2.07 bits per heavy atom. The van der Waals surface area contributed by atoms with E-state index < -0.39 is 10.0 Å². The predicted molar refractivity (Wildman–Crippen MR) is 114 cm³/mol. The lowest BCUT2D eigenvalue weighted by atomic mass is 10.1. The summed E-state index contributed by atoms with van der Waals surface area (Å²) < 4.78 is 27.1. The van der Waals surface area contributed by atoms with Gasteiger partial charge in [0.15, 0.2) is 0 Å². The lowest BCUT2D eigenvalue weighted by molar-refractivity contribution is -0.137. The molecule has 0 radical (unpaired) electrons. The Morgan fingerprint density at radius 1 is 0.966 bits per heavy atom. The molecule has 0 saturated carbocycles. The molecule has 0 unspecified atom stereocenters. The number of amides is 1. The molecular weight excluding hydrogens is 386 g/mol. The summed E-state index contributed by atoms with van der Waals surface area (Å²) in [5.74, 6) is 0.0794. The van der Waals surface area contributed by atoms with Crippen molar-refractivity contribution in [1.29, 1.82) is 0 Å². The molecule has 156 valence electrons. The summed E-state index contributed by atoms with van der Waals surface area (Å²) in [5, 5.41) is 0. The second kappa shape index (κ2) is 9.52. The van der Waals surface area contributed by atoms with Gasteiger partial charge in [0, 0.05) is 39.3 Å². The molecule has 0 spiro atoms. The first kappa shape index (κ1) is 21.5. The van der Waals surface area contributed by atoms with Crippen LogP contribution in [0.2, 0.25) is 0 Å². The van der Waals surface area contributed by atoms with E-state index in [-0.39, 0.29) is 11.9 Å². The number of sulfonamides is 1. The molecule has 2 aromatic rings. The average Bonchev–Trinajstić information content (AvgIpc) is 2.78. The summed E-state index contributed by atoms with van der Waals surface area (Å²) >= 11 is 0. The fourth-order valence-electron chi connectivity index (χ4n) is 3.64. The molecule has 0 N–H and O–H groups in total. The highest BCUT2D eigenvalue weighted by Crippen LogP contribution is 2.19. The Morgan fingerprint density at radius 2 is 1.52 bits per heavy atom. The van der Waals surface area contributed by atoms with E-state index in [1.807, 2.05) is 49.1 Å². The van der Waals surface area contributed by atoms with E-state index in [2.05, 4.69) is 4.90 Å². The number of carbonyl (C=O) groups is 1. The van der Waals surface area contributed by atoms with Crippen LogP contribution in [0.15, 0.2) is 65.6 Å². The van der Waals surface area contributed by atoms with Gasteiger partial charge in [-0.15, -0.1) is 0 Å². The molecule has 1 fully saturated rings. The maximum absolute atomic E-state index is 13.0. The van der Waals surface area contributed by atoms with E-state index in [1.165, 1.54) is 4.31 Å². The van der Waals surface area contributed by atoms with Crippen molar-refractivity contribution in [3.63, 3.8) is 0 Å². The summed E-state index contributed by atoms with van der Waals surface area (Å²) in [6, 6.07) is 18.2. The fraction of sp³-hybridized carbons (Fsp3) is 0.409. The van der Waals surface area contributed by atoms with Crippen LogP contribution in [0.3, 0.4) is 0 Å². The average molecular weight is 416 g/mol. The monoisotopic (exact) mass is 415 g/mol. The first-order valence-corrected chi connectivity index (χ1v) is 11.5. The highest BCUT2D eigenvalue weighted by atomic mass is 32.2. The van der Waals surface area contributed by atoms with Crippen molar-refractivity contribution < 1.29 is 13.2 Å². The highest BCUT2D eigenvalue weighted by molar-refractivity contribution is 7.89. The highest BCUT2D eigenvalue weighted by Gasteiger charge is 2.32. The maximum Gasteiger partial charge on any atom is 0.243 e. The first-order valence-electron chi connectivity index (χ1n) is 10.1. The van der Waals surface area contributed by atoms with Crippen molar-refractivity contribution in [2.45, 2.75) is 31.3 Å². The number of piperazine rings is 1. The topological polar surface area (TPSA) is 60.9 Å². The van der Waals surface area contributed by atoms with Gasteiger partial charge in [-0.25, -0.2) is 8.42 Å². The Kier molecular flexibility index (Phi) is 7.05. The van der Waals surface area contributed by atoms with Crippen molar-refractivity contribution in [2.24, 2.45) is 0 Å². The van der Waals surface area contributed by atoms with Gasteiger partial charge in [0.2, 0.25) is 15.9 Å². The zero-order valence-corrected chi connectivity index (χ0v) is 17.9. The largest absolute Gasteiger partial charge is 0.337 e. The van der Waals surface area contributed by atoms with Crippen molar-refractivity contribution in [2.75, 3.05) is 32.7 Å². The number of likely N-dealkylation sites (N-methyl/N-ethyl adjacent to an activating group) is 1. The van der Waals surface area contributed by atoms with Crippen LogP contribution in [0.25, 0.3) is 0 Å². The molecule has 0 aromatic heterocycles. The molecule has 1 atom stereocenters. The normalized spacial score (nSPS) is 17.0. The summed E-state index contributed by atoms with van der Waals surface area (Å²) in [6.45, 7) is 6.99. The van der Waals surface area contributed by atoms with Crippen LogP contribution in [0, 0.1) is 0 Å². The van der Waals surface area contributed by atoms with Gasteiger partial charge in [-0.2, -0.15) is 4.31 Å². The van der Waals surface area contributed by atoms with Crippen LogP contribution in [0.4, 0.5) is 0 Å². The molecule has 1 saturated heterocycles. The van der Waals surface area contributed by atoms with Crippen LogP contribution < -0.4 is 0 Å². The van der Waals surface area contributed by atoms with Gasteiger partial charge in [0.05, 0.1) is 10.9 Å².